The zero-order chi connectivity index (χ0) is 22.5. The number of esters is 1. The van der Waals surface area contributed by atoms with Crippen LogP contribution in [0.5, 0.6) is 5.75 Å². The molecule has 2 aromatic rings. The first-order valence-corrected chi connectivity index (χ1v) is 9.37. The first-order chi connectivity index (χ1) is 14.8. The molecule has 1 fully saturated rings. The molecule has 1 aliphatic heterocycles. The highest BCUT2D eigenvalue weighted by Crippen LogP contribution is 2.36. The van der Waals surface area contributed by atoms with Gasteiger partial charge in [-0.3, -0.25) is 14.5 Å². The number of hydrogen-bond donors (Lipinski definition) is 2. The van der Waals surface area contributed by atoms with Crippen LogP contribution in [0.1, 0.15) is 25.5 Å². The molecule has 0 bridgehead atoms. The maximum atomic E-state index is 12.4. The van der Waals surface area contributed by atoms with Crippen molar-refractivity contribution in [2.45, 2.75) is 31.9 Å². The van der Waals surface area contributed by atoms with E-state index in [0.717, 1.165) is 0 Å². The van der Waals surface area contributed by atoms with Crippen LogP contribution < -0.4 is 4.90 Å². The maximum Gasteiger partial charge on any atom is 0.415 e. The van der Waals surface area contributed by atoms with Gasteiger partial charge in [-0.1, -0.05) is 6.07 Å². The van der Waals surface area contributed by atoms with Gasteiger partial charge in [0, 0.05) is 11.8 Å². The summed E-state index contributed by atoms with van der Waals surface area (Å²) in [6, 6.07) is 9.36. The summed E-state index contributed by atoms with van der Waals surface area (Å²) in [5.74, 6) is -1.98. The quantitative estimate of drug-likeness (QED) is 0.637. The van der Waals surface area contributed by atoms with Crippen molar-refractivity contribution < 1.29 is 34.1 Å². The molecule has 10 heteroatoms. The van der Waals surface area contributed by atoms with Crippen molar-refractivity contribution in [3.8, 4) is 22.9 Å². The Kier molecular flexibility index (Phi) is 6.35. The van der Waals surface area contributed by atoms with Gasteiger partial charge in [-0.2, -0.15) is 5.26 Å². The van der Waals surface area contributed by atoms with Crippen molar-refractivity contribution in [3.05, 3.63) is 42.2 Å². The molecular formula is C21H19N3O7. The fourth-order valence-corrected chi connectivity index (χ4v) is 3.10. The summed E-state index contributed by atoms with van der Waals surface area (Å²) in [5, 5.41) is 27.9. The van der Waals surface area contributed by atoms with E-state index in [1.807, 2.05) is 6.07 Å². The van der Waals surface area contributed by atoms with Gasteiger partial charge in [0.2, 0.25) is 0 Å². The summed E-state index contributed by atoms with van der Waals surface area (Å²) < 4.78 is 10.3. The summed E-state index contributed by atoms with van der Waals surface area (Å²) >= 11 is 0. The van der Waals surface area contributed by atoms with E-state index >= 15 is 0 Å². The number of amides is 1. The number of pyridine rings is 1. The molecule has 160 valence electrons. The topological polar surface area (TPSA) is 150 Å². The molecular weight excluding hydrogens is 406 g/mol. The molecule has 0 spiro atoms. The van der Waals surface area contributed by atoms with Crippen LogP contribution in [-0.2, 0) is 19.1 Å². The molecule has 10 nitrogen and oxygen atoms in total. The molecule has 0 saturated carbocycles. The Bertz CT molecular complexity index is 1050. The number of rotatable bonds is 7. The molecule has 2 unspecified atom stereocenters. The van der Waals surface area contributed by atoms with Gasteiger partial charge in [-0.15, -0.1) is 0 Å². The molecule has 3 rings (SSSR count). The molecule has 31 heavy (non-hydrogen) atoms. The maximum absolute atomic E-state index is 12.4. The molecule has 1 amide bonds. The van der Waals surface area contributed by atoms with Gasteiger partial charge in [0.05, 0.1) is 24.6 Å². The zero-order valence-electron chi connectivity index (χ0n) is 16.5. The third-order valence-electron chi connectivity index (χ3n) is 4.79. The number of phenolic OH excluding ortho intramolecular Hbond substituents is 1. The summed E-state index contributed by atoms with van der Waals surface area (Å²) in [6.45, 7) is 1.45. The number of benzene rings is 1. The van der Waals surface area contributed by atoms with E-state index in [1.54, 1.807) is 31.2 Å². The molecule has 2 atom stereocenters. The number of ether oxygens (including phenoxy) is 2. The lowest BCUT2D eigenvalue weighted by Crippen LogP contribution is -2.36. The van der Waals surface area contributed by atoms with Gasteiger partial charge in [-0.05, 0) is 36.8 Å². The Morgan fingerprint density at radius 1 is 1.26 bits per heavy atom. The molecule has 2 N–H and O–H groups in total. The van der Waals surface area contributed by atoms with Crippen LogP contribution in [0.3, 0.4) is 0 Å². The smallest absolute Gasteiger partial charge is 0.415 e. The summed E-state index contributed by atoms with van der Waals surface area (Å²) in [4.78, 5) is 39.7. The monoisotopic (exact) mass is 425 g/mol. The number of carboxylic acids is 1. The van der Waals surface area contributed by atoms with Gasteiger partial charge < -0.3 is 19.7 Å². The normalized spacial score (nSPS) is 17.7. The number of anilines is 1. The van der Waals surface area contributed by atoms with Crippen LogP contribution in [0.25, 0.3) is 11.1 Å². The van der Waals surface area contributed by atoms with Gasteiger partial charge in [0.25, 0.3) is 0 Å². The van der Waals surface area contributed by atoms with E-state index < -0.39 is 30.2 Å². The minimum Gasteiger partial charge on any atom is -0.506 e. The average molecular weight is 425 g/mol. The van der Waals surface area contributed by atoms with Crippen LogP contribution in [0.15, 0.2) is 36.5 Å². The van der Waals surface area contributed by atoms with E-state index in [4.69, 9.17) is 19.8 Å². The van der Waals surface area contributed by atoms with Crippen molar-refractivity contribution in [3.63, 3.8) is 0 Å². The van der Waals surface area contributed by atoms with Gasteiger partial charge in [0.1, 0.15) is 24.1 Å². The molecule has 2 heterocycles. The third-order valence-corrected chi connectivity index (χ3v) is 4.79. The number of carbonyl (C=O) groups is 3. The van der Waals surface area contributed by atoms with E-state index in [2.05, 4.69) is 4.98 Å². The second kappa shape index (κ2) is 9.13. The predicted molar refractivity (Wildman–Crippen MR) is 106 cm³/mol. The Morgan fingerprint density at radius 2 is 2.00 bits per heavy atom. The van der Waals surface area contributed by atoms with Crippen LogP contribution in [0.2, 0.25) is 0 Å². The number of carboxylic acid groups (broad SMARTS) is 1. The number of hydrogen-bond acceptors (Lipinski definition) is 8. The van der Waals surface area contributed by atoms with Gasteiger partial charge in [0.15, 0.2) is 6.10 Å². The van der Waals surface area contributed by atoms with E-state index in [0.29, 0.717) is 11.1 Å². The minimum absolute atomic E-state index is 0.162. The highest BCUT2D eigenvalue weighted by atomic mass is 16.6. The number of aromatic nitrogens is 1. The number of nitriles is 1. The number of carbonyl (C=O) groups excluding carboxylic acids is 2. The van der Waals surface area contributed by atoms with Crippen LogP contribution in [-0.4, -0.2) is 52.0 Å². The van der Waals surface area contributed by atoms with Crippen molar-refractivity contribution in [1.29, 1.82) is 5.26 Å². The number of cyclic esters (lactones) is 1. The molecule has 1 aromatic heterocycles. The molecule has 0 radical (unpaired) electrons. The number of nitrogens with zero attached hydrogens (tertiary/aromatic N) is 3. The second-order valence-corrected chi connectivity index (χ2v) is 6.86. The standard InChI is InChI=1S/C21H19N3O7/c1-12-18(11-30-20(28)7-6-19(26)27)31-21(29)24(12)16-5-3-13(8-17(16)25)14-2-4-15(9-22)23-10-14/h2-5,8,10,12,18,25H,6-7,11H2,1H3,(H,26,27). The lowest BCUT2D eigenvalue weighted by Gasteiger charge is -2.22. The number of phenols is 1. The van der Waals surface area contributed by atoms with Gasteiger partial charge >= 0.3 is 18.0 Å². The Labute approximate surface area is 177 Å². The fourth-order valence-electron chi connectivity index (χ4n) is 3.10. The predicted octanol–water partition coefficient (Wildman–Crippen LogP) is 2.45. The van der Waals surface area contributed by atoms with Crippen molar-refractivity contribution in [2.24, 2.45) is 0 Å². The minimum atomic E-state index is -1.11. The average Bonchev–Trinajstić information content (AvgIpc) is 3.04. The highest BCUT2D eigenvalue weighted by molar-refractivity contribution is 5.93. The largest absolute Gasteiger partial charge is 0.506 e. The Morgan fingerprint density at radius 3 is 2.61 bits per heavy atom. The molecule has 1 aromatic carbocycles. The summed E-state index contributed by atoms with van der Waals surface area (Å²) in [5.41, 5.74) is 1.82. The molecule has 1 saturated heterocycles. The van der Waals surface area contributed by atoms with E-state index in [-0.39, 0.29) is 36.6 Å². The first kappa shape index (κ1) is 21.6. The lowest BCUT2D eigenvalue weighted by atomic mass is 10.1. The summed E-state index contributed by atoms with van der Waals surface area (Å²) in [7, 11) is 0. The lowest BCUT2D eigenvalue weighted by molar-refractivity contribution is -0.149. The fraction of sp³-hybridized carbons (Fsp3) is 0.286. The Balaban J connectivity index is 1.70. The molecule has 1 aliphatic rings. The second-order valence-electron chi connectivity index (χ2n) is 6.86. The SMILES string of the molecule is CC1C(COC(=O)CCC(=O)O)OC(=O)N1c1ccc(-c2ccc(C#N)nc2)cc1O. The first-order valence-electron chi connectivity index (χ1n) is 9.37. The van der Waals surface area contributed by atoms with Crippen molar-refractivity contribution in [1.82, 2.24) is 4.98 Å². The Hall–Kier alpha value is -4.13. The van der Waals surface area contributed by atoms with E-state index in [1.165, 1.54) is 17.2 Å². The van der Waals surface area contributed by atoms with Gasteiger partial charge in [-0.25, -0.2) is 9.78 Å². The summed E-state index contributed by atoms with van der Waals surface area (Å²) in [6.07, 6.45) is -0.597. The van der Waals surface area contributed by atoms with Crippen LogP contribution in [0.4, 0.5) is 10.5 Å². The van der Waals surface area contributed by atoms with Crippen molar-refractivity contribution in [2.75, 3.05) is 11.5 Å². The third kappa shape index (κ3) is 4.90. The highest BCUT2D eigenvalue weighted by Gasteiger charge is 2.41. The van der Waals surface area contributed by atoms with Crippen LogP contribution >= 0.6 is 0 Å². The number of aromatic hydroxyl groups is 1. The number of aliphatic carboxylic acids is 1. The van der Waals surface area contributed by atoms with Crippen LogP contribution in [0, 0.1) is 11.3 Å². The zero-order valence-corrected chi connectivity index (χ0v) is 16.5. The molecule has 0 aliphatic carbocycles. The van der Waals surface area contributed by atoms with Crippen molar-refractivity contribution >= 4 is 23.7 Å². The van der Waals surface area contributed by atoms with E-state index in [9.17, 15) is 19.5 Å².